The van der Waals surface area contributed by atoms with Crippen LogP contribution in [0.15, 0.2) is 10.9 Å². The number of hydrogen-bond donors (Lipinski definition) is 1. The van der Waals surface area contributed by atoms with Gasteiger partial charge in [0.25, 0.3) is 11.3 Å². The van der Waals surface area contributed by atoms with Gasteiger partial charge >= 0.3 is 0 Å². The predicted octanol–water partition coefficient (Wildman–Crippen LogP) is 0.406. The van der Waals surface area contributed by atoms with Gasteiger partial charge in [0, 0.05) is 11.8 Å². The zero-order valence-corrected chi connectivity index (χ0v) is 12.1. The summed E-state index contributed by atoms with van der Waals surface area (Å²) in [6.07, 6.45) is 3.41. The molecule has 3 heterocycles. The lowest BCUT2D eigenvalue weighted by Gasteiger charge is -2.19. The van der Waals surface area contributed by atoms with E-state index >= 15 is 0 Å². The standard InChI is InChI=1S/C14H15N5O3/c1-7-6-10(20)19-13(15-7)16-14(17-19)18-11(21)8-4-2-3-5-9(8)12(18)22/h6,8-9H,2-5H2,1H3,(H,15,16,17). The summed E-state index contributed by atoms with van der Waals surface area (Å²) in [4.78, 5) is 46.3. The molecule has 1 saturated heterocycles. The zero-order valence-electron chi connectivity index (χ0n) is 12.1. The number of anilines is 1. The van der Waals surface area contributed by atoms with Crippen LogP contribution < -0.4 is 10.5 Å². The maximum absolute atomic E-state index is 12.5. The molecule has 114 valence electrons. The van der Waals surface area contributed by atoms with Gasteiger partial charge in [0.1, 0.15) is 0 Å². The summed E-state index contributed by atoms with van der Waals surface area (Å²) in [6.45, 7) is 1.69. The van der Waals surface area contributed by atoms with E-state index < -0.39 is 0 Å². The zero-order chi connectivity index (χ0) is 15.4. The average Bonchev–Trinajstić information content (AvgIpc) is 3.00. The highest BCUT2D eigenvalue weighted by Crippen LogP contribution is 2.39. The summed E-state index contributed by atoms with van der Waals surface area (Å²) >= 11 is 0. The average molecular weight is 301 g/mol. The number of fused-ring (bicyclic) bond motifs is 2. The summed E-state index contributed by atoms with van der Waals surface area (Å²) in [5.74, 6) is -0.700. The Labute approximate surface area is 125 Å². The first-order valence-corrected chi connectivity index (χ1v) is 7.40. The molecule has 8 nitrogen and oxygen atoms in total. The molecule has 1 saturated carbocycles. The van der Waals surface area contributed by atoms with E-state index in [4.69, 9.17) is 0 Å². The number of nitrogens with one attached hydrogen (secondary N) is 1. The molecule has 1 aliphatic carbocycles. The lowest BCUT2D eigenvalue weighted by atomic mass is 9.81. The van der Waals surface area contributed by atoms with Gasteiger partial charge in [-0.25, -0.2) is 9.88 Å². The van der Waals surface area contributed by atoms with Crippen LogP contribution in [0.1, 0.15) is 31.4 Å². The third kappa shape index (κ3) is 1.73. The molecule has 0 bridgehead atoms. The molecule has 2 atom stereocenters. The van der Waals surface area contributed by atoms with Crippen molar-refractivity contribution in [1.82, 2.24) is 19.6 Å². The summed E-state index contributed by atoms with van der Waals surface area (Å²) in [7, 11) is 0. The van der Waals surface area contributed by atoms with Gasteiger partial charge in [0.05, 0.1) is 11.8 Å². The molecule has 2 aromatic heterocycles. The largest absolute Gasteiger partial charge is 0.274 e. The molecular formula is C14H15N5O3. The van der Waals surface area contributed by atoms with Crippen molar-refractivity contribution in [2.75, 3.05) is 4.90 Å². The minimum absolute atomic E-state index is 0.0830. The molecule has 2 unspecified atom stereocenters. The Balaban J connectivity index is 1.81. The Morgan fingerprint density at radius 1 is 1.09 bits per heavy atom. The minimum atomic E-state index is -0.322. The monoisotopic (exact) mass is 301 g/mol. The van der Waals surface area contributed by atoms with Crippen molar-refractivity contribution in [2.45, 2.75) is 32.6 Å². The van der Waals surface area contributed by atoms with Crippen LogP contribution in [-0.2, 0) is 9.59 Å². The molecule has 2 aliphatic rings. The summed E-state index contributed by atoms with van der Waals surface area (Å²) in [6, 6.07) is 1.36. The number of H-pyrrole nitrogens is 1. The highest BCUT2D eigenvalue weighted by atomic mass is 16.2. The summed E-state index contributed by atoms with van der Waals surface area (Å²) < 4.78 is 1.14. The van der Waals surface area contributed by atoms with Gasteiger partial charge in [-0.2, -0.15) is 9.50 Å². The van der Waals surface area contributed by atoms with Crippen LogP contribution in [0.2, 0.25) is 0 Å². The maximum Gasteiger partial charge on any atom is 0.274 e. The SMILES string of the molecule is Cc1cc(=O)n2[nH]c(N3C(=O)C4CCCCC4C3=O)nc2n1. The van der Waals surface area contributed by atoms with E-state index in [0.29, 0.717) is 5.69 Å². The number of nitrogens with zero attached hydrogens (tertiary/aromatic N) is 4. The van der Waals surface area contributed by atoms with Crippen molar-refractivity contribution in [3.8, 4) is 0 Å². The fourth-order valence-electron chi connectivity index (χ4n) is 3.45. The first-order valence-electron chi connectivity index (χ1n) is 7.40. The van der Waals surface area contributed by atoms with Crippen LogP contribution in [0.3, 0.4) is 0 Å². The lowest BCUT2D eigenvalue weighted by molar-refractivity contribution is -0.122. The number of amides is 2. The molecule has 1 aliphatic heterocycles. The van der Waals surface area contributed by atoms with E-state index in [1.807, 2.05) is 0 Å². The predicted molar refractivity (Wildman–Crippen MR) is 76.3 cm³/mol. The quantitative estimate of drug-likeness (QED) is 0.769. The fourth-order valence-corrected chi connectivity index (χ4v) is 3.45. The molecule has 2 amide bonds. The number of carbonyl (C=O) groups is 2. The van der Waals surface area contributed by atoms with E-state index in [1.165, 1.54) is 6.07 Å². The Morgan fingerprint density at radius 2 is 1.73 bits per heavy atom. The molecule has 0 radical (unpaired) electrons. The van der Waals surface area contributed by atoms with Gasteiger partial charge in [-0.05, 0) is 19.8 Å². The van der Waals surface area contributed by atoms with Crippen LogP contribution in [0.4, 0.5) is 5.95 Å². The molecule has 1 N–H and O–H groups in total. The van der Waals surface area contributed by atoms with E-state index in [9.17, 15) is 14.4 Å². The van der Waals surface area contributed by atoms with Crippen LogP contribution in [0, 0.1) is 18.8 Å². The number of aromatic nitrogens is 4. The topological polar surface area (TPSA) is 100 Å². The number of carbonyl (C=O) groups excluding carboxylic acids is 2. The van der Waals surface area contributed by atoms with E-state index in [2.05, 4.69) is 15.1 Å². The van der Waals surface area contributed by atoms with Crippen LogP contribution >= 0.6 is 0 Å². The third-order valence-corrected chi connectivity index (χ3v) is 4.50. The Kier molecular flexibility index (Phi) is 2.69. The van der Waals surface area contributed by atoms with Gasteiger partial charge in [-0.1, -0.05) is 12.8 Å². The van der Waals surface area contributed by atoms with Gasteiger partial charge in [-0.15, -0.1) is 0 Å². The highest BCUT2D eigenvalue weighted by Gasteiger charge is 2.49. The second kappa shape index (κ2) is 4.49. The van der Waals surface area contributed by atoms with Crippen molar-refractivity contribution in [1.29, 1.82) is 0 Å². The molecule has 22 heavy (non-hydrogen) atoms. The summed E-state index contributed by atoms with van der Waals surface area (Å²) in [5, 5.41) is 2.72. The van der Waals surface area contributed by atoms with Crippen LogP contribution in [0.5, 0.6) is 0 Å². The number of rotatable bonds is 1. The second-order valence-corrected chi connectivity index (χ2v) is 5.93. The molecular weight excluding hydrogens is 286 g/mol. The van der Waals surface area contributed by atoms with Crippen LogP contribution in [-0.4, -0.2) is 31.4 Å². The Bertz CT molecular complexity index is 828. The molecule has 2 fully saturated rings. The van der Waals surface area contributed by atoms with Crippen LogP contribution in [0.25, 0.3) is 5.78 Å². The van der Waals surface area contributed by atoms with Crippen molar-refractivity contribution in [2.24, 2.45) is 11.8 Å². The van der Waals surface area contributed by atoms with Gasteiger partial charge < -0.3 is 0 Å². The third-order valence-electron chi connectivity index (χ3n) is 4.50. The lowest BCUT2D eigenvalue weighted by Crippen LogP contribution is -2.32. The molecule has 8 heteroatoms. The first-order chi connectivity index (χ1) is 10.6. The van der Waals surface area contributed by atoms with Gasteiger partial charge in [0.15, 0.2) is 0 Å². The molecule has 0 spiro atoms. The van der Waals surface area contributed by atoms with Crippen molar-refractivity contribution in [3.63, 3.8) is 0 Å². The van der Waals surface area contributed by atoms with Crippen molar-refractivity contribution >= 4 is 23.5 Å². The Morgan fingerprint density at radius 3 is 2.36 bits per heavy atom. The second-order valence-electron chi connectivity index (χ2n) is 5.93. The highest BCUT2D eigenvalue weighted by molar-refractivity contribution is 6.21. The van der Waals surface area contributed by atoms with E-state index in [-0.39, 0.29) is 40.9 Å². The number of imide groups is 1. The normalized spacial score (nSPS) is 25.0. The van der Waals surface area contributed by atoms with Gasteiger partial charge in [0.2, 0.25) is 17.8 Å². The summed E-state index contributed by atoms with van der Waals surface area (Å²) in [5.41, 5.74) is 0.216. The molecule has 4 rings (SSSR count). The fraction of sp³-hybridized carbons (Fsp3) is 0.500. The first kappa shape index (κ1) is 13.2. The number of aryl methyl sites for hydroxylation is 1. The van der Waals surface area contributed by atoms with Crippen molar-refractivity contribution in [3.05, 3.63) is 22.1 Å². The van der Waals surface area contributed by atoms with Crippen molar-refractivity contribution < 1.29 is 9.59 Å². The van der Waals surface area contributed by atoms with E-state index in [0.717, 1.165) is 35.1 Å². The molecule has 0 aromatic carbocycles. The smallest absolute Gasteiger partial charge is 0.274 e. The van der Waals surface area contributed by atoms with E-state index in [1.54, 1.807) is 6.92 Å². The Hall–Kier alpha value is -2.51. The molecule has 2 aromatic rings. The number of aromatic amines is 1. The minimum Gasteiger partial charge on any atom is -0.274 e. The number of hydrogen-bond acceptors (Lipinski definition) is 5. The van der Waals surface area contributed by atoms with Gasteiger partial charge in [-0.3, -0.25) is 19.5 Å². The maximum atomic E-state index is 12.5.